The summed E-state index contributed by atoms with van der Waals surface area (Å²) in [5.41, 5.74) is 0. The van der Waals surface area contributed by atoms with Crippen LogP contribution in [0.2, 0.25) is 0 Å². The highest BCUT2D eigenvalue weighted by atomic mass is 31.2. The van der Waals surface area contributed by atoms with E-state index in [1.165, 1.54) is 186 Å². The minimum Gasteiger partial charge on any atom is -0.391 e. The van der Waals surface area contributed by atoms with Crippen LogP contribution in [0.15, 0.2) is 12.2 Å². The summed E-state index contributed by atoms with van der Waals surface area (Å²) in [6, 6.07) is -0.761. The molecular weight excluding hydrogens is 792 g/mol. The van der Waals surface area contributed by atoms with Crippen LogP contribution in [0, 0.1) is 0 Å². The minimum atomic E-state index is -4.31. The summed E-state index contributed by atoms with van der Waals surface area (Å²) >= 11 is 0. The van der Waals surface area contributed by atoms with Gasteiger partial charge in [-0.1, -0.05) is 244 Å². The fourth-order valence-electron chi connectivity index (χ4n) is 8.23. The maximum absolute atomic E-state index is 12.9. The highest BCUT2D eigenvalue weighted by molar-refractivity contribution is 7.47. The summed E-state index contributed by atoms with van der Waals surface area (Å²) in [5.74, 6) is -0.153. The summed E-state index contributed by atoms with van der Waals surface area (Å²) in [6.07, 6.45) is 54.3. The van der Waals surface area contributed by atoms with E-state index in [1.54, 1.807) is 0 Å². The number of likely N-dealkylation sites (N-methyl/N-ethyl adjacent to an activating group) is 1. The van der Waals surface area contributed by atoms with Crippen LogP contribution in [0.3, 0.4) is 0 Å². The standard InChI is InChI=1S/C53H107N2O6P/c1-6-8-10-12-14-16-18-19-20-21-22-23-24-25-26-27-28-29-30-31-32-33-34-35-36-37-38-40-42-44-46-52(56)51(50-61-62(58,59)60-49-48-55(3,4)5)54-53(57)47-45-43-41-39-17-15-13-11-9-7-2/h11,13,51-52,56H,6-10,12,14-50H2,1-5H3,(H-,54,57,58,59)/p+1/b13-11-. The zero-order valence-electron chi connectivity index (χ0n) is 42.1. The van der Waals surface area contributed by atoms with Crippen molar-refractivity contribution in [3.8, 4) is 0 Å². The van der Waals surface area contributed by atoms with Crippen LogP contribution in [-0.4, -0.2) is 73.4 Å². The number of nitrogens with zero attached hydrogens (tertiary/aromatic N) is 1. The fraction of sp³-hybridized carbons (Fsp3) is 0.943. The van der Waals surface area contributed by atoms with E-state index in [-0.39, 0.29) is 19.1 Å². The van der Waals surface area contributed by atoms with Gasteiger partial charge in [0.1, 0.15) is 13.2 Å². The predicted octanol–water partition coefficient (Wildman–Crippen LogP) is 15.9. The Bertz CT molecular complexity index is 1020. The third kappa shape index (κ3) is 47.2. The number of carbonyl (C=O) groups excluding carboxylic acids is 1. The van der Waals surface area contributed by atoms with Gasteiger partial charge in [-0.05, 0) is 32.1 Å². The van der Waals surface area contributed by atoms with Crippen LogP contribution in [-0.2, 0) is 18.4 Å². The van der Waals surface area contributed by atoms with E-state index in [0.717, 1.165) is 57.8 Å². The maximum atomic E-state index is 12.9. The zero-order chi connectivity index (χ0) is 45.7. The van der Waals surface area contributed by atoms with E-state index >= 15 is 0 Å². The van der Waals surface area contributed by atoms with Crippen molar-refractivity contribution in [3.05, 3.63) is 12.2 Å². The number of allylic oxidation sites excluding steroid dienone is 2. The summed E-state index contributed by atoms with van der Waals surface area (Å²) in [6.45, 7) is 4.84. The van der Waals surface area contributed by atoms with Gasteiger partial charge < -0.3 is 19.8 Å². The molecule has 370 valence electrons. The molecule has 0 fully saturated rings. The van der Waals surface area contributed by atoms with Crippen molar-refractivity contribution in [1.82, 2.24) is 5.32 Å². The molecule has 9 heteroatoms. The van der Waals surface area contributed by atoms with Crippen LogP contribution in [0.5, 0.6) is 0 Å². The molecule has 0 aliphatic carbocycles. The van der Waals surface area contributed by atoms with Crippen LogP contribution in [0.4, 0.5) is 0 Å². The highest BCUT2D eigenvalue weighted by Crippen LogP contribution is 2.43. The second-order valence-electron chi connectivity index (χ2n) is 20.0. The molecule has 1 amide bonds. The van der Waals surface area contributed by atoms with E-state index in [4.69, 9.17) is 9.05 Å². The monoisotopic (exact) mass is 900 g/mol. The molecule has 0 spiro atoms. The number of nitrogens with one attached hydrogen (secondary N) is 1. The second-order valence-corrected chi connectivity index (χ2v) is 21.4. The molecule has 62 heavy (non-hydrogen) atoms. The molecule has 8 nitrogen and oxygen atoms in total. The van der Waals surface area contributed by atoms with E-state index < -0.39 is 20.0 Å². The van der Waals surface area contributed by atoms with Crippen molar-refractivity contribution >= 4 is 13.7 Å². The van der Waals surface area contributed by atoms with Gasteiger partial charge in [-0.2, -0.15) is 0 Å². The summed E-state index contributed by atoms with van der Waals surface area (Å²) in [4.78, 5) is 23.1. The van der Waals surface area contributed by atoms with Crippen molar-refractivity contribution < 1.29 is 32.9 Å². The van der Waals surface area contributed by atoms with Gasteiger partial charge in [0.25, 0.3) is 0 Å². The molecule has 0 saturated heterocycles. The first-order valence-electron chi connectivity index (χ1n) is 27.1. The topological polar surface area (TPSA) is 105 Å². The van der Waals surface area contributed by atoms with Gasteiger partial charge >= 0.3 is 7.82 Å². The maximum Gasteiger partial charge on any atom is 0.472 e. The molecule has 0 aliphatic rings. The zero-order valence-corrected chi connectivity index (χ0v) is 43.0. The first-order valence-corrected chi connectivity index (χ1v) is 28.5. The quantitative estimate of drug-likeness (QED) is 0.0243. The number of hydrogen-bond acceptors (Lipinski definition) is 5. The minimum absolute atomic E-state index is 0.0750. The van der Waals surface area contributed by atoms with Gasteiger partial charge in [0, 0.05) is 6.42 Å². The van der Waals surface area contributed by atoms with Gasteiger partial charge in [0.05, 0.1) is 39.9 Å². The third-order valence-electron chi connectivity index (χ3n) is 12.5. The lowest BCUT2D eigenvalue weighted by molar-refractivity contribution is -0.870. The van der Waals surface area contributed by atoms with Crippen LogP contribution in [0.1, 0.15) is 271 Å². The normalized spacial score (nSPS) is 14.1. The average molecular weight is 900 g/mol. The Morgan fingerprint density at radius 3 is 1.31 bits per heavy atom. The highest BCUT2D eigenvalue weighted by Gasteiger charge is 2.28. The number of aliphatic hydroxyl groups excluding tert-OH is 1. The fourth-order valence-corrected chi connectivity index (χ4v) is 8.96. The van der Waals surface area contributed by atoms with Crippen LogP contribution in [0.25, 0.3) is 0 Å². The SMILES string of the molecule is CCC/C=C\CCCCCCCC(=O)NC(COP(=O)(O)OCC[N+](C)(C)C)C(O)CCCCCCCCCCCCCCCCCCCCCCCCCCCCCCCC. The Morgan fingerprint density at radius 1 is 0.532 bits per heavy atom. The molecule has 0 bridgehead atoms. The number of phosphoric ester groups is 1. The number of aliphatic hydroxyl groups is 1. The average Bonchev–Trinajstić information content (AvgIpc) is 3.23. The van der Waals surface area contributed by atoms with Gasteiger partial charge in [-0.15, -0.1) is 0 Å². The Hall–Kier alpha value is -0.760. The summed E-state index contributed by atoms with van der Waals surface area (Å²) in [7, 11) is 1.62. The van der Waals surface area contributed by atoms with Crippen molar-refractivity contribution in [1.29, 1.82) is 0 Å². The molecule has 0 aromatic carbocycles. The van der Waals surface area contributed by atoms with Crippen molar-refractivity contribution in [2.75, 3.05) is 40.9 Å². The molecule has 0 heterocycles. The van der Waals surface area contributed by atoms with E-state index in [0.29, 0.717) is 23.9 Å². The third-order valence-corrected chi connectivity index (χ3v) is 13.5. The first-order chi connectivity index (χ1) is 30.0. The van der Waals surface area contributed by atoms with Crippen molar-refractivity contribution in [3.63, 3.8) is 0 Å². The second kappa shape index (κ2) is 45.4. The summed E-state index contributed by atoms with van der Waals surface area (Å²) < 4.78 is 23.7. The number of hydrogen-bond donors (Lipinski definition) is 3. The lowest BCUT2D eigenvalue weighted by Gasteiger charge is -2.26. The number of quaternary nitrogens is 1. The molecule has 3 unspecified atom stereocenters. The Morgan fingerprint density at radius 2 is 0.903 bits per heavy atom. The number of amides is 1. The molecule has 0 rings (SSSR count). The van der Waals surface area contributed by atoms with Crippen LogP contribution >= 0.6 is 7.82 Å². The number of unbranched alkanes of at least 4 members (excludes halogenated alkanes) is 35. The first kappa shape index (κ1) is 61.2. The molecule has 0 aliphatic heterocycles. The molecule has 0 aromatic rings. The Labute approximate surface area is 386 Å². The number of phosphoric acid groups is 1. The van der Waals surface area contributed by atoms with Crippen molar-refractivity contribution in [2.45, 2.75) is 283 Å². The van der Waals surface area contributed by atoms with Gasteiger partial charge in [0.15, 0.2) is 0 Å². The Kier molecular flexibility index (Phi) is 44.8. The van der Waals surface area contributed by atoms with E-state index in [9.17, 15) is 19.4 Å². The van der Waals surface area contributed by atoms with E-state index in [2.05, 4.69) is 31.3 Å². The van der Waals surface area contributed by atoms with Gasteiger partial charge in [-0.25, -0.2) is 4.57 Å². The number of rotatable bonds is 50. The summed E-state index contributed by atoms with van der Waals surface area (Å²) in [5, 5.41) is 14.0. The molecular formula is C53H108N2O6P+. The smallest absolute Gasteiger partial charge is 0.391 e. The molecule has 3 N–H and O–H groups in total. The molecule has 0 saturated carbocycles. The Balaban J connectivity index is 3.97. The lowest BCUT2D eigenvalue weighted by atomic mass is 10.0. The van der Waals surface area contributed by atoms with Gasteiger partial charge in [0.2, 0.25) is 5.91 Å². The number of carbonyl (C=O) groups is 1. The van der Waals surface area contributed by atoms with E-state index in [1.807, 2.05) is 21.1 Å². The van der Waals surface area contributed by atoms with Crippen LogP contribution < -0.4 is 5.32 Å². The largest absolute Gasteiger partial charge is 0.472 e. The van der Waals surface area contributed by atoms with Gasteiger partial charge in [-0.3, -0.25) is 13.8 Å². The van der Waals surface area contributed by atoms with Crippen molar-refractivity contribution in [2.24, 2.45) is 0 Å². The molecule has 0 radical (unpaired) electrons. The molecule has 3 atom stereocenters. The lowest BCUT2D eigenvalue weighted by Crippen LogP contribution is -2.46. The predicted molar refractivity (Wildman–Crippen MR) is 268 cm³/mol. The molecule has 0 aromatic heterocycles.